The van der Waals surface area contributed by atoms with E-state index in [9.17, 15) is 0 Å². The number of piperidine rings is 1. The summed E-state index contributed by atoms with van der Waals surface area (Å²) in [6, 6.07) is 7.93. The molecule has 1 aliphatic rings. The number of nitrogens with zero attached hydrogens (tertiary/aromatic N) is 2. The smallest absolute Gasteiger partial charge is 0.170 e. The molecule has 1 fully saturated rings. The largest absolute Gasteiger partial charge is 0.409 e. The Balaban J connectivity index is 2.02. The van der Waals surface area contributed by atoms with E-state index < -0.39 is 0 Å². The van der Waals surface area contributed by atoms with Gasteiger partial charge in [0.15, 0.2) is 5.84 Å². The molecule has 0 saturated carbocycles. The molecule has 2 rings (SSSR count). The SMILES string of the molecule is CCC1CCCN(Cc2cccc(/C(N)=N/O)c2)C1. The second-order valence-corrected chi connectivity index (χ2v) is 5.34. The highest BCUT2D eigenvalue weighted by Crippen LogP contribution is 2.21. The Bertz CT molecular complexity index is 445. The Morgan fingerprint density at radius 1 is 1.53 bits per heavy atom. The predicted molar refractivity (Wildman–Crippen MR) is 77.2 cm³/mol. The number of benzene rings is 1. The Kier molecular flexibility index (Phi) is 4.80. The fourth-order valence-electron chi connectivity index (χ4n) is 2.77. The first-order valence-electron chi connectivity index (χ1n) is 7.02. The number of rotatable bonds is 4. The third kappa shape index (κ3) is 3.70. The molecule has 0 radical (unpaired) electrons. The van der Waals surface area contributed by atoms with E-state index in [1.165, 1.54) is 37.9 Å². The Morgan fingerprint density at radius 2 is 2.37 bits per heavy atom. The van der Waals surface area contributed by atoms with E-state index >= 15 is 0 Å². The molecule has 3 N–H and O–H groups in total. The van der Waals surface area contributed by atoms with Gasteiger partial charge < -0.3 is 10.9 Å². The molecule has 1 aromatic carbocycles. The van der Waals surface area contributed by atoms with E-state index in [1.807, 2.05) is 18.2 Å². The summed E-state index contributed by atoms with van der Waals surface area (Å²) >= 11 is 0. The number of hydrogen-bond acceptors (Lipinski definition) is 3. The van der Waals surface area contributed by atoms with Crippen LogP contribution in [0.2, 0.25) is 0 Å². The quantitative estimate of drug-likeness (QED) is 0.379. The van der Waals surface area contributed by atoms with Crippen molar-refractivity contribution in [2.75, 3.05) is 13.1 Å². The van der Waals surface area contributed by atoms with Gasteiger partial charge in [-0.3, -0.25) is 4.90 Å². The highest BCUT2D eigenvalue weighted by molar-refractivity contribution is 5.97. The summed E-state index contributed by atoms with van der Waals surface area (Å²) in [4.78, 5) is 2.50. The first-order valence-corrected chi connectivity index (χ1v) is 7.02. The molecular formula is C15H23N3O. The zero-order valence-electron chi connectivity index (χ0n) is 11.5. The maximum absolute atomic E-state index is 8.72. The van der Waals surface area contributed by atoms with Crippen LogP contribution in [-0.4, -0.2) is 29.0 Å². The first-order chi connectivity index (χ1) is 9.22. The van der Waals surface area contributed by atoms with Crippen LogP contribution in [0, 0.1) is 5.92 Å². The molecular weight excluding hydrogens is 238 g/mol. The summed E-state index contributed by atoms with van der Waals surface area (Å²) in [6.07, 6.45) is 3.91. The van der Waals surface area contributed by atoms with Crippen molar-refractivity contribution in [3.63, 3.8) is 0 Å². The summed E-state index contributed by atoms with van der Waals surface area (Å²) in [5.41, 5.74) is 7.63. The van der Waals surface area contributed by atoms with E-state index in [0.717, 1.165) is 18.0 Å². The normalized spacial score (nSPS) is 21.5. The third-order valence-corrected chi connectivity index (χ3v) is 3.92. The lowest BCUT2D eigenvalue weighted by atomic mass is 9.95. The summed E-state index contributed by atoms with van der Waals surface area (Å²) in [7, 11) is 0. The van der Waals surface area contributed by atoms with Gasteiger partial charge in [-0.1, -0.05) is 36.7 Å². The maximum atomic E-state index is 8.72. The van der Waals surface area contributed by atoms with Gasteiger partial charge >= 0.3 is 0 Å². The summed E-state index contributed by atoms with van der Waals surface area (Å²) in [5.74, 6) is 1.01. The van der Waals surface area contributed by atoms with Gasteiger partial charge in [-0.15, -0.1) is 0 Å². The number of hydrogen-bond donors (Lipinski definition) is 2. The standard InChI is InChI=1S/C15H23N3O/c1-2-12-6-4-8-18(10-12)11-13-5-3-7-14(9-13)15(16)17-19/h3,5,7,9,12,19H,2,4,6,8,10-11H2,1H3,(H2,16,17). The van der Waals surface area contributed by atoms with Crippen LogP contribution in [0.15, 0.2) is 29.4 Å². The lowest BCUT2D eigenvalue weighted by Gasteiger charge is -2.32. The van der Waals surface area contributed by atoms with Gasteiger partial charge in [0.1, 0.15) is 0 Å². The second-order valence-electron chi connectivity index (χ2n) is 5.34. The second kappa shape index (κ2) is 6.57. The molecule has 0 aliphatic carbocycles. The lowest BCUT2D eigenvalue weighted by molar-refractivity contribution is 0.165. The molecule has 104 valence electrons. The van der Waals surface area contributed by atoms with E-state index in [-0.39, 0.29) is 5.84 Å². The number of oxime groups is 1. The zero-order valence-corrected chi connectivity index (χ0v) is 11.5. The number of nitrogens with two attached hydrogens (primary N) is 1. The van der Waals surface area contributed by atoms with Gasteiger partial charge in [-0.25, -0.2) is 0 Å². The zero-order chi connectivity index (χ0) is 13.7. The molecule has 4 nitrogen and oxygen atoms in total. The molecule has 0 spiro atoms. The molecule has 1 heterocycles. The molecule has 1 atom stereocenters. The van der Waals surface area contributed by atoms with Crippen LogP contribution in [0.3, 0.4) is 0 Å². The van der Waals surface area contributed by atoms with Crippen molar-refractivity contribution in [3.8, 4) is 0 Å². The molecule has 1 aliphatic heterocycles. The Hall–Kier alpha value is -1.55. The minimum atomic E-state index is 0.173. The fourth-order valence-corrected chi connectivity index (χ4v) is 2.77. The van der Waals surface area contributed by atoms with Crippen LogP contribution < -0.4 is 5.73 Å². The molecule has 0 aromatic heterocycles. The predicted octanol–water partition coefficient (Wildman–Crippen LogP) is 2.40. The minimum Gasteiger partial charge on any atom is -0.409 e. The topological polar surface area (TPSA) is 61.8 Å². The monoisotopic (exact) mass is 261 g/mol. The van der Waals surface area contributed by atoms with Gasteiger partial charge in [-0.05, 0) is 36.9 Å². The van der Waals surface area contributed by atoms with E-state index in [1.54, 1.807) is 0 Å². The Morgan fingerprint density at radius 3 is 3.11 bits per heavy atom. The molecule has 1 saturated heterocycles. The number of amidine groups is 1. The third-order valence-electron chi connectivity index (χ3n) is 3.92. The molecule has 0 amide bonds. The summed E-state index contributed by atoms with van der Waals surface area (Å²) in [6.45, 7) is 5.57. The summed E-state index contributed by atoms with van der Waals surface area (Å²) in [5, 5.41) is 11.8. The van der Waals surface area contributed by atoms with Crippen molar-refractivity contribution in [2.45, 2.75) is 32.7 Å². The van der Waals surface area contributed by atoms with E-state index in [4.69, 9.17) is 10.9 Å². The molecule has 4 heteroatoms. The van der Waals surface area contributed by atoms with Crippen LogP contribution in [0.1, 0.15) is 37.3 Å². The molecule has 0 bridgehead atoms. The van der Waals surface area contributed by atoms with E-state index in [0.29, 0.717) is 0 Å². The lowest BCUT2D eigenvalue weighted by Crippen LogP contribution is -2.34. The number of likely N-dealkylation sites (tertiary alicyclic amines) is 1. The van der Waals surface area contributed by atoms with Gasteiger partial charge in [-0.2, -0.15) is 0 Å². The molecule has 19 heavy (non-hydrogen) atoms. The van der Waals surface area contributed by atoms with Crippen LogP contribution >= 0.6 is 0 Å². The van der Waals surface area contributed by atoms with Gasteiger partial charge in [0.05, 0.1) is 0 Å². The van der Waals surface area contributed by atoms with Crippen LogP contribution in [0.4, 0.5) is 0 Å². The summed E-state index contributed by atoms with van der Waals surface area (Å²) < 4.78 is 0. The highest BCUT2D eigenvalue weighted by Gasteiger charge is 2.18. The van der Waals surface area contributed by atoms with Crippen LogP contribution in [0.25, 0.3) is 0 Å². The first kappa shape index (κ1) is 13.9. The van der Waals surface area contributed by atoms with Crippen molar-refractivity contribution in [1.29, 1.82) is 0 Å². The highest BCUT2D eigenvalue weighted by atomic mass is 16.4. The van der Waals surface area contributed by atoms with Crippen molar-refractivity contribution < 1.29 is 5.21 Å². The average molecular weight is 261 g/mol. The van der Waals surface area contributed by atoms with E-state index in [2.05, 4.69) is 23.0 Å². The minimum absolute atomic E-state index is 0.173. The molecule has 1 aromatic rings. The van der Waals surface area contributed by atoms with Gasteiger partial charge in [0.25, 0.3) is 0 Å². The van der Waals surface area contributed by atoms with Crippen molar-refractivity contribution >= 4 is 5.84 Å². The van der Waals surface area contributed by atoms with Crippen molar-refractivity contribution in [2.24, 2.45) is 16.8 Å². The van der Waals surface area contributed by atoms with Crippen LogP contribution in [0.5, 0.6) is 0 Å². The van der Waals surface area contributed by atoms with Crippen LogP contribution in [-0.2, 0) is 6.54 Å². The van der Waals surface area contributed by atoms with Gasteiger partial charge in [0.2, 0.25) is 0 Å². The molecule has 1 unspecified atom stereocenters. The Labute approximate surface area is 114 Å². The maximum Gasteiger partial charge on any atom is 0.170 e. The average Bonchev–Trinajstić information content (AvgIpc) is 2.47. The fraction of sp³-hybridized carbons (Fsp3) is 0.533. The van der Waals surface area contributed by atoms with Crippen molar-refractivity contribution in [3.05, 3.63) is 35.4 Å². The van der Waals surface area contributed by atoms with Gasteiger partial charge in [0, 0.05) is 18.7 Å². The van der Waals surface area contributed by atoms with Crippen molar-refractivity contribution in [1.82, 2.24) is 4.90 Å².